The number of methoxy groups -OCH3 is 1. The molecule has 0 fully saturated rings. The molecule has 0 radical (unpaired) electrons. The van der Waals surface area contributed by atoms with E-state index in [-0.39, 0.29) is 18.4 Å². The number of hydrogen-bond acceptors (Lipinski definition) is 3. The number of ether oxygens (including phenoxy) is 1. The molecule has 5 nitrogen and oxygen atoms in total. The Morgan fingerprint density at radius 2 is 2.15 bits per heavy atom. The van der Waals surface area contributed by atoms with E-state index in [0.717, 1.165) is 6.42 Å². The zero-order chi connectivity index (χ0) is 15.1. The van der Waals surface area contributed by atoms with Gasteiger partial charge < -0.3 is 15.2 Å². The van der Waals surface area contributed by atoms with Gasteiger partial charge in [0.25, 0.3) is 5.91 Å². The molecule has 1 aromatic rings. The van der Waals surface area contributed by atoms with Crippen molar-refractivity contribution in [1.82, 2.24) is 5.32 Å². The van der Waals surface area contributed by atoms with Crippen molar-refractivity contribution in [2.75, 3.05) is 7.11 Å². The van der Waals surface area contributed by atoms with Gasteiger partial charge in [-0.05, 0) is 40.5 Å². The second-order valence-corrected chi connectivity index (χ2v) is 5.26. The molecule has 6 heteroatoms. The average Bonchev–Trinajstić information content (AvgIpc) is 2.38. The van der Waals surface area contributed by atoms with Gasteiger partial charge in [0.15, 0.2) is 0 Å². The molecule has 0 heterocycles. The van der Waals surface area contributed by atoms with E-state index in [2.05, 4.69) is 21.2 Å². The van der Waals surface area contributed by atoms with Gasteiger partial charge in [-0.3, -0.25) is 9.59 Å². The number of amides is 1. The first-order valence-corrected chi connectivity index (χ1v) is 7.13. The van der Waals surface area contributed by atoms with Gasteiger partial charge in [0.1, 0.15) is 5.75 Å². The first-order valence-electron chi connectivity index (χ1n) is 6.34. The molecular formula is C14H18BrNO4. The van der Waals surface area contributed by atoms with Crippen molar-refractivity contribution < 1.29 is 19.4 Å². The Morgan fingerprint density at radius 3 is 2.70 bits per heavy atom. The van der Waals surface area contributed by atoms with Gasteiger partial charge in [0.05, 0.1) is 19.1 Å². The fourth-order valence-electron chi connectivity index (χ4n) is 1.85. The minimum atomic E-state index is -0.923. The molecule has 0 aliphatic rings. The summed E-state index contributed by atoms with van der Waals surface area (Å²) in [6.45, 7) is 1.95. The van der Waals surface area contributed by atoms with E-state index in [9.17, 15) is 9.59 Å². The Bertz CT molecular complexity index is 490. The standard InChI is InChI=1S/C14H18BrNO4/c1-3-4-9(7-13(17)18)16-14(19)11-8-10(20-2)5-6-12(11)15/h5-6,8-9H,3-4,7H2,1-2H3,(H,16,19)(H,17,18). The third-order valence-electron chi connectivity index (χ3n) is 2.81. The van der Waals surface area contributed by atoms with Crippen LogP contribution >= 0.6 is 15.9 Å². The minimum absolute atomic E-state index is 0.0822. The molecule has 0 saturated heterocycles. The summed E-state index contributed by atoms with van der Waals surface area (Å²) in [5, 5.41) is 11.6. The molecular weight excluding hydrogens is 326 g/mol. The van der Waals surface area contributed by atoms with E-state index < -0.39 is 5.97 Å². The van der Waals surface area contributed by atoms with Crippen LogP contribution in [0.2, 0.25) is 0 Å². The predicted molar refractivity (Wildman–Crippen MR) is 79.1 cm³/mol. The molecule has 110 valence electrons. The molecule has 1 rings (SSSR count). The minimum Gasteiger partial charge on any atom is -0.497 e. The Kier molecular flexibility index (Phi) is 6.51. The number of carboxylic acids is 1. The highest BCUT2D eigenvalue weighted by molar-refractivity contribution is 9.10. The summed E-state index contributed by atoms with van der Waals surface area (Å²) >= 11 is 3.31. The van der Waals surface area contributed by atoms with Crippen molar-refractivity contribution in [1.29, 1.82) is 0 Å². The lowest BCUT2D eigenvalue weighted by Crippen LogP contribution is -2.36. The van der Waals surface area contributed by atoms with Crippen molar-refractivity contribution in [3.8, 4) is 5.75 Å². The molecule has 0 aromatic heterocycles. The molecule has 0 aliphatic heterocycles. The number of benzene rings is 1. The number of carbonyl (C=O) groups is 2. The van der Waals surface area contributed by atoms with Gasteiger partial charge in [-0.2, -0.15) is 0 Å². The Morgan fingerprint density at radius 1 is 1.45 bits per heavy atom. The zero-order valence-corrected chi connectivity index (χ0v) is 13.1. The van der Waals surface area contributed by atoms with Crippen LogP contribution in [-0.2, 0) is 4.79 Å². The van der Waals surface area contributed by atoms with Crippen molar-refractivity contribution in [2.45, 2.75) is 32.2 Å². The van der Waals surface area contributed by atoms with Crippen LogP contribution in [0.5, 0.6) is 5.75 Å². The highest BCUT2D eigenvalue weighted by atomic mass is 79.9. The maximum absolute atomic E-state index is 12.2. The maximum atomic E-state index is 12.2. The molecule has 2 N–H and O–H groups in total. The number of nitrogens with one attached hydrogen (secondary N) is 1. The number of rotatable bonds is 7. The van der Waals surface area contributed by atoms with Crippen molar-refractivity contribution in [2.24, 2.45) is 0 Å². The summed E-state index contributed by atoms with van der Waals surface area (Å²) in [6.07, 6.45) is 1.35. The summed E-state index contributed by atoms with van der Waals surface area (Å²) in [4.78, 5) is 23.0. The lowest BCUT2D eigenvalue weighted by molar-refractivity contribution is -0.137. The molecule has 1 aromatic carbocycles. The quantitative estimate of drug-likeness (QED) is 0.798. The van der Waals surface area contributed by atoms with Crippen LogP contribution in [0.1, 0.15) is 36.5 Å². The van der Waals surface area contributed by atoms with Crippen LogP contribution in [0.15, 0.2) is 22.7 Å². The summed E-state index contributed by atoms with van der Waals surface area (Å²) in [6, 6.07) is 4.70. The maximum Gasteiger partial charge on any atom is 0.305 e. The van der Waals surface area contributed by atoms with Crippen molar-refractivity contribution in [3.05, 3.63) is 28.2 Å². The largest absolute Gasteiger partial charge is 0.497 e. The number of hydrogen-bond donors (Lipinski definition) is 2. The normalized spacial score (nSPS) is 11.8. The molecule has 1 amide bonds. The summed E-state index contributed by atoms with van der Waals surface area (Å²) in [5.41, 5.74) is 0.427. The number of carboxylic acid groups (broad SMARTS) is 1. The average molecular weight is 344 g/mol. The van der Waals surface area contributed by atoms with E-state index in [1.165, 1.54) is 7.11 Å². The summed E-state index contributed by atoms with van der Waals surface area (Å²) in [7, 11) is 1.52. The van der Waals surface area contributed by atoms with Gasteiger partial charge in [-0.25, -0.2) is 0 Å². The van der Waals surface area contributed by atoms with E-state index in [1.807, 2.05) is 6.92 Å². The number of carbonyl (C=O) groups excluding carboxylic acids is 1. The molecule has 20 heavy (non-hydrogen) atoms. The molecule has 0 bridgehead atoms. The Labute approximate surface area is 126 Å². The second kappa shape index (κ2) is 7.89. The van der Waals surface area contributed by atoms with Gasteiger partial charge in [-0.15, -0.1) is 0 Å². The summed E-state index contributed by atoms with van der Waals surface area (Å²) in [5.74, 6) is -0.660. The second-order valence-electron chi connectivity index (χ2n) is 4.40. The van der Waals surface area contributed by atoms with Gasteiger partial charge in [-0.1, -0.05) is 13.3 Å². The molecule has 0 spiro atoms. The van der Waals surface area contributed by atoms with Gasteiger partial charge in [0, 0.05) is 10.5 Å². The van der Waals surface area contributed by atoms with Crippen molar-refractivity contribution in [3.63, 3.8) is 0 Å². The molecule has 0 saturated carbocycles. The molecule has 0 aliphatic carbocycles. The molecule has 1 unspecified atom stereocenters. The predicted octanol–water partition coefficient (Wildman–Crippen LogP) is 2.83. The smallest absolute Gasteiger partial charge is 0.305 e. The van der Waals surface area contributed by atoms with Crippen LogP contribution in [-0.4, -0.2) is 30.1 Å². The number of halogens is 1. The van der Waals surface area contributed by atoms with Crippen LogP contribution in [0.3, 0.4) is 0 Å². The van der Waals surface area contributed by atoms with E-state index in [0.29, 0.717) is 22.2 Å². The zero-order valence-electron chi connectivity index (χ0n) is 11.5. The number of aliphatic carboxylic acids is 1. The Balaban J connectivity index is 2.85. The highest BCUT2D eigenvalue weighted by Crippen LogP contribution is 2.22. The first-order chi connectivity index (χ1) is 9.47. The third kappa shape index (κ3) is 4.85. The van der Waals surface area contributed by atoms with E-state index >= 15 is 0 Å². The lowest BCUT2D eigenvalue weighted by atomic mass is 10.1. The first kappa shape index (κ1) is 16.5. The Hall–Kier alpha value is -1.56. The van der Waals surface area contributed by atoms with Crippen molar-refractivity contribution >= 4 is 27.8 Å². The third-order valence-corrected chi connectivity index (χ3v) is 3.50. The van der Waals surface area contributed by atoms with E-state index in [1.54, 1.807) is 18.2 Å². The SMILES string of the molecule is CCCC(CC(=O)O)NC(=O)c1cc(OC)ccc1Br. The van der Waals surface area contributed by atoms with Gasteiger partial charge in [0.2, 0.25) is 0 Å². The van der Waals surface area contributed by atoms with Crippen LogP contribution in [0.25, 0.3) is 0 Å². The van der Waals surface area contributed by atoms with Crippen LogP contribution < -0.4 is 10.1 Å². The highest BCUT2D eigenvalue weighted by Gasteiger charge is 2.18. The van der Waals surface area contributed by atoms with Crippen LogP contribution in [0, 0.1) is 0 Å². The van der Waals surface area contributed by atoms with Gasteiger partial charge >= 0.3 is 5.97 Å². The monoisotopic (exact) mass is 343 g/mol. The summed E-state index contributed by atoms with van der Waals surface area (Å²) < 4.78 is 5.72. The fraction of sp³-hybridized carbons (Fsp3) is 0.429. The molecule has 1 atom stereocenters. The fourth-order valence-corrected chi connectivity index (χ4v) is 2.28. The lowest BCUT2D eigenvalue weighted by Gasteiger charge is -2.17. The van der Waals surface area contributed by atoms with Crippen LogP contribution in [0.4, 0.5) is 0 Å². The topological polar surface area (TPSA) is 75.6 Å². The van der Waals surface area contributed by atoms with E-state index in [4.69, 9.17) is 9.84 Å².